The fourth-order valence-electron chi connectivity index (χ4n) is 2.98. The van der Waals surface area contributed by atoms with E-state index in [0.717, 1.165) is 5.52 Å². The van der Waals surface area contributed by atoms with Gasteiger partial charge in [0.25, 0.3) is 0 Å². The summed E-state index contributed by atoms with van der Waals surface area (Å²) in [4.78, 5) is 12.4. The van der Waals surface area contributed by atoms with Gasteiger partial charge in [-0.1, -0.05) is 50.6 Å². The lowest BCUT2D eigenvalue weighted by molar-refractivity contribution is 0.380. The van der Waals surface area contributed by atoms with Crippen LogP contribution in [0.3, 0.4) is 0 Å². The van der Waals surface area contributed by atoms with E-state index in [-0.39, 0.29) is 23.6 Å². The maximum atomic E-state index is 14.2. The molecule has 0 aliphatic rings. The van der Waals surface area contributed by atoms with Crippen LogP contribution >= 0.6 is 24.0 Å². The smallest absolute Gasteiger partial charge is 0.200 e. The molecule has 0 amide bonds. The Morgan fingerprint density at radius 1 is 1.11 bits per heavy atom. The van der Waals surface area contributed by atoms with Gasteiger partial charge in [0, 0.05) is 11.0 Å². The molecule has 0 atom stereocenters. The SMILES string of the molecule is Cc1oc(C(C)(C)C)nc1-c1nc2c(Cl)cc(-c3ccccc3F)cc2[nH]1.Cl. The number of aromatic nitrogens is 3. The van der Waals surface area contributed by atoms with Crippen LogP contribution in [0, 0.1) is 12.7 Å². The van der Waals surface area contributed by atoms with Gasteiger partial charge in [-0.3, -0.25) is 0 Å². The molecule has 0 radical (unpaired) electrons. The third-order valence-electron chi connectivity index (χ3n) is 4.39. The molecule has 7 heteroatoms. The van der Waals surface area contributed by atoms with Crippen molar-refractivity contribution in [3.8, 4) is 22.6 Å². The third-order valence-corrected chi connectivity index (χ3v) is 4.68. The van der Waals surface area contributed by atoms with Gasteiger partial charge in [-0.25, -0.2) is 14.4 Å². The number of imidazole rings is 1. The van der Waals surface area contributed by atoms with Crippen LogP contribution in [0.1, 0.15) is 32.4 Å². The van der Waals surface area contributed by atoms with Crippen LogP contribution in [0.25, 0.3) is 33.7 Å². The Morgan fingerprint density at radius 2 is 1.82 bits per heavy atom. The van der Waals surface area contributed by atoms with Crippen LogP contribution in [0.15, 0.2) is 40.8 Å². The molecule has 0 aliphatic carbocycles. The van der Waals surface area contributed by atoms with E-state index in [1.165, 1.54) is 6.07 Å². The molecule has 0 saturated carbocycles. The van der Waals surface area contributed by atoms with Crippen LogP contribution in [0.4, 0.5) is 4.39 Å². The van der Waals surface area contributed by atoms with Crippen molar-refractivity contribution in [2.24, 2.45) is 0 Å². The number of fused-ring (bicyclic) bond motifs is 1. The highest BCUT2D eigenvalue weighted by molar-refractivity contribution is 6.35. The van der Waals surface area contributed by atoms with Crippen molar-refractivity contribution in [1.29, 1.82) is 0 Å². The first-order valence-electron chi connectivity index (χ1n) is 8.66. The summed E-state index contributed by atoms with van der Waals surface area (Å²) in [7, 11) is 0. The van der Waals surface area contributed by atoms with Gasteiger partial charge in [0.1, 0.15) is 22.8 Å². The maximum Gasteiger partial charge on any atom is 0.200 e. The molecular formula is C21H20Cl2FN3O. The largest absolute Gasteiger partial charge is 0.445 e. The topological polar surface area (TPSA) is 54.7 Å². The quantitative estimate of drug-likeness (QED) is 0.392. The highest BCUT2D eigenvalue weighted by Crippen LogP contribution is 2.34. The standard InChI is InChI=1S/C21H19ClFN3O.ClH/c1-11-17(26-20(27-11)21(2,3)4)19-24-16-10-12(9-14(22)18(16)25-19)13-7-5-6-8-15(13)23;/h5-10H,1-4H3,(H,24,25);1H. The van der Waals surface area contributed by atoms with Gasteiger partial charge in [0.05, 0.1) is 10.5 Å². The molecule has 0 bridgehead atoms. The number of hydrogen-bond acceptors (Lipinski definition) is 3. The summed E-state index contributed by atoms with van der Waals surface area (Å²) in [5.74, 6) is 1.61. The number of aryl methyl sites for hydroxylation is 1. The number of oxazole rings is 1. The number of halogens is 3. The number of nitrogens with zero attached hydrogens (tertiary/aromatic N) is 2. The van der Waals surface area contributed by atoms with Gasteiger partial charge in [0.2, 0.25) is 0 Å². The summed E-state index contributed by atoms with van der Waals surface area (Å²) < 4.78 is 20.0. The van der Waals surface area contributed by atoms with E-state index in [1.54, 1.807) is 24.3 Å². The first-order valence-corrected chi connectivity index (χ1v) is 9.04. The Bertz CT molecular complexity index is 1160. The minimum atomic E-state index is -0.296. The molecule has 4 nitrogen and oxygen atoms in total. The third kappa shape index (κ3) is 3.52. The molecule has 1 N–H and O–H groups in total. The Balaban J connectivity index is 0.00000225. The van der Waals surface area contributed by atoms with Gasteiger partial charge < -0.3 is 9.40 Å². The molecular weight excluding hydrogens is 400 g/mol. The molecule has 0 spiro atoms. The number of nitrogens with one attached hydrogen (secondary N) is 1. The summed E-state index contributed by atoms with van der Waals surface area (Å²) in [6.45, 7) is 7.98. The predicted molar refractivity (Wildman–Crippen MR) is 113 cm³/mol. The lowest BCUT2D eigenvalue weighted by Gasteiger charge is -2.11. The van der Waals surface area contributed by atoms with Gasteiger partial charge in [-0.2, -0.15) is 0 Å². The Morgan fingerprint density at radius 3 is 2.46 bits per heavy atom. The van der Waals surface area contributed by atoms with E-state index in [9.17, 15) is 4.39 Å². The first-order chi connectivity index (χ1) is 12.7. The van der Waals surface area contributed by atoms with Crippen LogP contribution in [0.2, 0.25) is 5.02 Å². The second-order valence-electron chi connectivity index (χ2n) is 7.59. The number of aromatic amines is 1. The zero-order chi connectivity index (χ0) is 19.3. The molecule has 0 saturated heterocycles. The number of rotatable bonds is 2. The molecule has 28 heavy (non-hydrogen) atoms. The molecule has 0 fully saturated rings. The highest BCUT2D eigenvalue weighted by atomic mass is 35.5. The van der Waals surface area contributed by atoms with Crippen molar-refractivity contribution in [3.63, 3.8) is 0 Å². The van der Waals surface area contributed by atoms with Gasteiger partial charge in [-0.15, -0.1) is 12.4 Å². The van der Waals surface area contributed by atoms with Gasteiger partial charge in [-0.05, 0) is 30.7 Å². The molecule has 146 valence electrons. The first kappa shape index (κ1) is 20.4. The van der Waals surface area contributed by atoms with Crippen molar-refractivity contribution in [2.75, 3.05) is 0 Å². The van der Waals surface area contributed by atoms with Crippen molar-refractivity contribution in [3.05, 3.63) is 58.9 Å². The number of H-pyrrole nitrogens is 1. The molecule has 4 rings (SSSR count). The Kier molecular flexibility index (Phi) is 5.26. The summed E-state index contributed by atoms with van der Waals surface area (Å²) in [6.07, 6.45) is 0. The van der Waals surface area contributed by atoms with Crippen LogP contribution < -0.4 is 0 Å². The fraction of sp³-hybridized carbons (Fsp3) is 0.238. The Hall–Kier alpha value is -2.37. The summed E-state index contributed by atoms with van der Waals surface area (Å²) >= 11 is 6.43. The van der Waals surface area contributed by atoms with Crippen LogP contribution in [0.5, 0.6) is 0 Å². The Labute approximate surface area is 173 Å². The van der Waals surface area contributed by atoms with E-state index in [1.807, 2.05) is 33.8 Å². The molecule has 2 heterocycles. The molecule has 0 aliphatic heterocycles. The van der Waals surface area contributed by atoms with Crippen molar-refractivity contribution >= 4 is 35.0 Å². The molecule has 2 aromatic carbocycles. The van der Waals surface area contributed by atoms with E-state index in [0.29, 0.717) is 44.8 Å². The van der Waals surface area contributed by atoms with Crippen LogP contribution in [-0.4, -0.2) is 15.0 Å². The summed E-state index contributed by atoms with van der Waals surface area (Å²) in [5.41, 5.74) is 2.96. The van der Waals surface area contributed by atoms with Crippen molar-refractivity contribution in [2.45, 2.75) is 33.1 Å². The van der Waals surface area contributed by atoms with Crippen LogP contribution in [-0.2, 0) is 5.41 Å². The normalized spacial score (nSPS) is 11.6. The highest BCUT2D eigenvalue weighted by Gasteiger charge is 2.24. The molecule has 2 aromatic heterocycles. The number of benzene rings is 2. The summed E-state index contributed by atoms with van der Waals surface area (Å²) in [6, 6.07) is 10.2. The lowest BCUT2D eigenvalue weighted by Crippen LogP contribution is -2.11. The van der Waals surface area contributed by atoms with E-state index < -0.39 is 0 Å². The van der Waals surface area contributed by atoms with Crippen molar-refractivity contribution in [1.82, 2.24) is 15.0 Å². The minimum absolute atomic E-state index is 0. The van der Waals surface area contributed by atoms with Gasteiger partial charge in [0.15, 0.2) is 11.7 Å². The number of hydrogen-bond donors (Lipinski definition) is 1. The van der Waals surface area contributed by atoms with E-state index >= 15 is 0 Å². The zero-order valence-corrected chi connectivity index (χ0v) is 17.5. The second-order valence-corrected chi connectivity index (χ2v) is 8.00. The van der Waals surface area contributed by atoms with Crippen molar-refractivity contribution < 1.29 is 8.81 Å². The average molecular weight is 420 g/mol. The zero-order valence-electron chi connectivity index (χ0n) is 15.9. The molecule has 4 aromatic rings. The van der Waals surface area contributed by atoms with Gasteiger partial charge >= 0.3 is 0 Å². The van der Waals surface area contributed by atoms with E-state index in [4.69, 9.17) is 16.0 Å². The second kappa shape index (κ2) is 7.22. The monoisotopic (exact) mass is 419 g/mol. The summed E-state index contributed by atoms with van der Waals surface area (Å²) in [5, 5.41) is 0.449. The lowest BCUT2D eigenvalue weighted by atomic mass is 9.97. The average Bonchev–Trinajstić information content (AvgIpc) is 3.18. The fourth-order valence-corrected chi connectivity index (χ4v) is 3.24. The minimum Gasteiger partial charge on any atom is -0.445 e. The predicted octanol–water partition coefficient (Wildman–Crippen LogP) is 6.71. The maximum absolute atomic E-state index is 14.2. The van der Waals surface area contributed by atoms with E-state index in [2.05, 4.69) is 15.0 Å². The molecule has 0 unspecified atom stereocenters.